The van der Waals surface area contributed by atoms with Crippen LogP contribution in [0.5, 0.6) is 0 Å². The highest BCUT2D eigenvalue weighted by atomic mass is 35.5. The molecule has 0 fully saturated rings. The number of carbonyl (C=O) groups is 1. The maximum atomic E-state index is 12.4. The van der Waals surface area contributed by atoms with Crippen molar-refractivity contribution in [3.8, 4) is 0 Å². The molecule has 0 saturated heterocycles. The smallest absolute Gasteiger partial charge is 0.337 e. The maximum absolute atomic E-state index is 12.4. The number of esters is 1. The Balaban J connectivity index is 2.36. The van der Waals surface area contributed by atoms with Gasteiger partial charge in [0.15, 0.2) is 0 Å². The van der Waals surface area contributed by atoms with Crippen LogP contribution in [0, 0.1) is 6.92 Å². The monoisotopic (exact) mass is 339 g/mol. The van der Waals surface area contributed by atoms with Crippen molar-refractivity contribution >= 4 is 33.3 Å². The van der Waals surface area contributed by atoms with E-state index < -0.39 is 16.0 Å². The van der Waals surface area contributed by atoms with E-state index in [2.05, 4.69) is 9.46 Å². The van der Waals surface area contributed by atoms with Crippen molar-refractivity contribution in [2.24, 2.45) is 0 Å². The van der Waals surface area contributed by atoms with Gasteiger partial charge in [0.1, 0.15) is 0 Å². The fourth-order valence-corrected chi connectivity index (χ4v) is 3.26. The average Bonchev–Trinajstić information content (AvgIpc) is 2.49. The molecule has 7 heteroatoms. The Hall–Kier alpha value is -2.05. The van der Waals surface area contributed by atoms with Gasteiger partial charge in [0, 0.05) is 5.02 Å². The molecule has 2 aromatic carbocycles. The summed E-state index contributed by atoms with van der Waals surface area (Å²) in [5.74, 6) is -0.597. The number of rotatable bonds is 4. The van der Waals surface area contributed by atoms with Crippen LogP contribution >= 0.6 is 11.6 Å². The van der Waals surface area contributed by atoms with Crippen LogP contribution in [0.15, 0.2) is 47.4 Å². The molecule has 0 unspecified atom stereocenters. The molecule has 2 rings (SSSR count). The Morgan fingerprint density at radius 3 is 2.55 bits per heavy atom. The van der Waals surface area contributed by atoms with Crippen molar-refractivity contribution < 1.29 is 17.9 Å². The van der Waals surface area contributed by atoms with E-state index in [0.29, 0.717) is 16.3 Å². The quantitative estimate of drug-likeness (QED) is 0.868. The number of aryl methyl sites for hydroxylation is 1. The molecule has 22 heavy (non-hydrogen) atoms. The number of sulfonamides is 1. The summed E-state index contributed by atoms with van der Waals surface area (Å²) in [6, 6.07) is 10.5. The van der Waals surface area contributed by atoms with E-state index in [-0.39, 0.29) is 10.5 Å². The predicted octanol–water partition coefficient (Wildman–Crippen LogP) is 3.24. The Labute approximate surface area is 133 Å². The zero-order valence-corrected chi connectivity index (χ0v) is 13.5. The van der Waals surface area contributed by atoms with Crippen molar-refractivity contribution in [3.05, 3.63) is 58.6 Å². The molecular weight excluding hydrogens is 326 g/mol. The Morgan fingerprint density at radius 2 is 1.91 bits per heavy atom. The Bertz CT molecular complexity index is 818. The number of nitrogens with one attached hydrogen (secondary N) is 1. The van der Waals surface area contributed by atoms with Gasteiger partial charge in [-0.1, -0.05) is 17.7 Å². The number of hydrogen-bond donors (Lipinski definition) is 1. The first-order valence-electron chi connectivity index (χ1n) is 6.31. The van der Waals surface area contributed by atoms with Gasteiger partial charge >= 0.3 is 5.97 Å². The lowest BCUT2D eigenvalue weighted by Gasteiger charge is -2.11. The van der Waals surface area contributed by atoms with E-state index in [4.69, 9.17) is 11.6 Å². The molecule has 0 atom stereocenters. The van der Waals surface area contributed by atoms with Gasteiger partial charge in [0.2, 0.25) is 0 Å². The fraction of sp³-hybridized carbons (Fsp3) is 0.133. The summed E-state index contributed by atoms with van der Waals surface area (Å²) in [5.41, 5.74) is 1.28. The van der Waals surface area contributed by atoms with Gasteiger partial charge in [-0.2, -0.15) is 0 Å². The van der Waals surface area contributed by atoms with Crippen LogP contribution in [0.4, 0.5) is 5.69 Å². The lowest BCUT2D eigenvalue weighted by atomic mass is 10.2. The number of hydrogen-bond acceptors (Lipinski definition) is 4. The largest absolute Gasteiger partial charge is 0.465 e. The van der Waals surface area contributed by atoms with E-state index >= 15 is 0 Å². The van der Waals surface area contributed by atoms with Crippen molar-refractivity contribution in [3.63, 3.8) is 0 Å². The van der Waals surface area contributed by atoms with Gasteiger partial charge < -0.3 is 4.74 Å². The molecule has 0 spiro atoms. The van der Waals surface area contributed by atoms with Gasteiger partial charge in [-0.3, -0.25) is 4.72 Å². The van der Waals surface area contributed by atoms with Gasteiger partial charge in [-0.05, 0) is 48.9 Å². The second kappa shape index (κ2) is 6.37. The zero-order chi connectivity index (χ0) is 16.3. The Morgan fingerprint density at radius 1 is 1.18 bits per heavy atom. The van der Waals surface area contributed by atoms with Crippen LogP contribution in [0.2, 0.25) is 5.02 Å². The minimum absolute atomic E-state index is 0.0234. The second-order valence-electron chi connectivity index (χ2n) is 4.58. The first-order chi connectivity index (χ1) is 10.3. The molecule has 5 nitrogen and oxygen atoms in total. The fourth-order valence-electron chi connectivity index (χ4n) is 1.85. The topological polar surface area (TPSA) is 72.5 Å². The number of carbonyl (C=O) groups excluding carboxylic acids is 1. The first-order valence-corrected chi connectivity index (χ1v) is 8.17. The van der Waals surface area contributed by atoms with Crippen LogP contribution < -0.4 is 4.72 Å². The van der Waals surface area contributed by atoms with Crippen LogP contribution in [-0.4, -0.2) is 21.5 Å². The lowest BCUT2D eigenvalue weighted by molar-refractivity contribution is 0.0600. The lowest BCUT2D eigenvalue weighted by Crippen LogP contribution is -2.14. The molecule has 0 saturated carbocycles. The number of ether oxygens (including phenoxy) is 1. The van der Waals surface area contributed by atoms with E-state index in [1.807, 2.05) is 0 Å². The minimum atomic E-state index is -3.81. The number of halogens is 1. The second-order valence-corrected chi connectivity index (χ2v) is 6.70. The van der Waals surface area contributed by atoms with E-state index in [9.17, 15) is 13.2 Å². The minimum Gasteiger partial charge on any atom is -0.465 e. The van der Waals surface area contributed by atoms with Crippen molar-refractivity contribution in [1.29, 1.82) is 0 Å². The van der Waals surface area contributed by atoms with E-state index in [1.54, 1.807) is 25.1 Å². The van der Waals surface area contributed by atoms with Crippen LogP contribution in [0.1, 0.15) is 15.9 Å². The average molecular weight is 340 g/mol. The standard InChI is InChI=1S/C15H14ClNO4S/c1-10-8-12(16)6-7-14(10)17-22(19,20)13-5-3-4-11(9-13)15(18)21-2/h3-9,17H,1-2H3. The molecule has 1 N–H and O–H groups in total. The molecule has 0 aliphatic rings. The van der Waals surface area contributed by atoms with Crippen LogP contribution in [0.3, 0.4) is 0 Å². The number of methoxy groups -OCH3 is 1. The molecular formula is C15H14ClNO4S. The summed E-state index contributed by atoms with van der Waals surface area (Å²) in [7, 11) is -2.58. The zero-order valence-electron chi connectivity index (χ0n) is 12.0. The van der Waals surface area contributed by atoms with Crippen molar-refractivity contribution in [2.75, 3.05) is 11.8 Å². The summed E-state index contributed by atoms with van der Waals surface area (Å²) in [6.07, 6.45) is 0. The van der Waals surface area contributed by atoms with Gasteiger partial charge in [0.05, 0.1) is 23.3 Å². The molecule has 0 aliphatic heterocycles. The Kier molecular flexibility index (Phi) is 4.73. The molecule has 0 amide bonds. The summed E-state index contributed by atoms with van der Waals surface area (Å²) in [4.78, 5) is 11.5. The molecule has 0 radical (unpaired) electrons. The molecule has 0 heterocycles. The summed E-state index contributed by atoms with van der Waals surface area (Å²) >= 11 is 5.85. The summed E-state index contributed by atoms with van der Waals surface area (Å²) in [6.45, 7) is 1.74. The van der Waals surface area contributed by atoms with Crippen molar-refractivity contribution in [2.45, 2.75) is 11.8 Å². The molecule has 0 aliphatic carbocycles. The highest BCUT2D eigenvalue weighted by molar-refractivity contribution is 7.92. The maximum Gasteiger partial charge on any atom is 0.337 e. The van der Waals surface area contributed by atoms with Crippen LogP contribution in [-0.2, 0) is 14.8 Å². The van der Waals surface area contributed by atoms with Gasteiger partial charge in [-0.25, -0.2) is 13.2 Å². The highest BCUT2D eigenvalue weighted by Gasteiger charge is 2.17. The summed E-state index contributed by atoms with van der Waals surface area (Å²) in [5, 5.41) is 0.521. The van der Waals surface area contributed by atoms with Crippen LogP contribution in [0.25, 0.3) is 0 Å². The van der Waals surface area contributed by atoms with E-state index in [0.717, 1.165) is 0 Å². The SMILES string of the molecule is COC(=O)c1cccc(S(=O)(=O)Nc2ccc(Cl)cc2C)c1. The van der Waals surface area contributed by atoms with Gasteiger partial charge in [-0.15, -0.1) is 0 Å². The van der Waals surface area contributed by atoms with Crippen molar-refractivity contribution in [1.82, 2.24) is 0 Å². The molecule has 0 aromatic heterocycles. The molecule has 0 bridgehead atoms. The first kappa shape index (κ1) is 16.3. The van der Waals surface area contributed by atoms with Gasteiger partial charge in [0.25, 0.3) is 10.0 Å². The molecule has 2 aromatic rings. The number of benzene rings is 2. The molecule has 116 valence electrons. The third-order valence-electron chi connectivity index (χ3n) is 3.00. The third kappa shape index (κ3) is 3.58. The normalized spacial score (nSPS) is 11.0. The third-order valence-corrected chi connectivity index (χ3v) is 4.60. The summed E-state index contributed by atoms with van der Waals surface area (Å²) < 4.78 is 31.9. The predicted molar refractivity (Wildman–Crippen MR) is 84.8 cm³/mol. The highest BCUT2D eigenvalue weighted by Crippen LogP contribution is 2.23. The van der Waals surface area contributed by atoms with E-state index in [1.165, 1.54) is 31.4 Å². The number of anilines is 1.